The molecule has 0 radical (unpaired) electrons. The van der Waals surface area contributed by atoms with Gasteiger partial charge in [-0.05, 0) is 43.4 Å². The lowest BCUT2D eigenvalue weighted by Crippen LogP contribution is -2.51. The standard InChI is InChI=1S/C17H22ClNO4/c1-2-17(16(21)22,12-5-7-13(18)8-6-12)19-15(20)10-9-14-4-3-11-23-14/h5-8,14H,2-4,9-11H2,1H3,(H,19,20)(H,21,22). The molecular weight excluding hydrogens is 318 g/mol. The number of carbonyl (C=O) groups is 2. The van der Waals surface area contributed by atoms with E-state index in [2.05, 4.69) is 5.32 Å². The zero-order valence-electron chi connectivity index (χ0n) is 13.2. The van der Waals surface area contributed by atoms with Gasteiger partial charge in [-0.1, -0.05) is 30.7 Å². The third-order valence-electron chi connectivity index (χ3n) is 4.30. The molecule has 6 heteroatoms. The first-order valence-electron chi connectivity index (χ1n) is 7.90. The lowest BCUT2D eigenvalue weighted by Gasteiger charge is -2.30. The second kappa shape index (κ2) is 7.79. The molecule has 1 saturated heterocycles. The average Bonchev–Trinajstić information content (AvgIpc) is 3.05. The number of carboxylic acids is 1. The number of aliphatic carboxylic acids is 1. The monoisotopic (exact) mass is 339 g/mol. The molecule has 1 aromatic carbocycles. The number of hydrogen-bond donors (Lipinski definition) is 2. The largest absolute Gasteiger partial charge is 0.479 e. The minimum Gasteiger partial charge on any atom is -0.479 e. The Hall–Kier alpha value is -1.59. The van der Waals surface area contributed by atoms with Crippen LogP contribution in [-0.2, 0) is 19.9 Å². The third-order valence-corrected chi connectivity index (χ3v) is 4.55. The summed E-state index contributed by atoms with van der Waals surface area (Å²) in [5, 5.41) is 12.9. The molecule has 5 nitrogen and oxygen atoms in total. The third kappa shape index (κ3) is 4.24. The first kappa shape index (κ1) is 17.8. The Bertz CT molecular complexity index is 554. The Balaban J connectivity index is 2.09. The molecule has 2 rings (SSSR count). The first-order valence-corrected chi connectivity index (χ1v) is 8.28. The zero-order chi connectivity index (χ0) is 16.9. The Kier molecular flexibility index (Phi) is 6.02. The predicted octanol–water partition coefficient (Wildman–Crippen LogP) is 3.11. The number of ether oxygens (including phenoxy) is 1. The molecule has 2 N–H and O–H groups in total. The van der Waals surface area contributed by atoms with Gasteiger partial charge in [-0.3, -0.25) is 4.79 Å². The van der Waals surface area contributed by atoms with E-state index in [4.69, 9.17) is 16.3 Å². The van der Waals surface area contributed by atoms with Crippen molar-refractivity contribution in [2.75, 3.05) is 6.61 Å². The van der Waals surface area contributed by atoms with Crippen molar-refractivity contribution in [3.05, 3.63) is 34.9 Å². The quantitative estimate of drug-likeness (QED) is 0.800. The van der Waals surface area contributed by atoms with Gasteiger partial charge in [-0.2, -0.15) is 0 Å². The molecule has 1 fully saturated rings. The fourth-order valence-corrected chi connectivity index (χ4v) is 3.02. The van der Waals surface area contributed by atoms with Crippen molar-refractivity contribution >= 4 is 23.5 Å². The van der Waals surface area contributed by atoms with Crippen LogP contribution in [0.2, 0.25) is 5.02 Å². The summed E-state index contributed by atoms with van der Waals surface area (Å²) < 4.78 is 5.49. The van der Waals surface area contributed by atoms with Crippen LogP contribution in [0.1, 0.15) is 44.6 Å². The van der Waals surface area contributed by atoms with Gasteiger partial charge in [0.2, 0.25) is 5.91 Å². The second-order valence-electron chi connectivity index (χ2n) is 5.79. The summed E-state index contributed by atoms with van der Waals surface area (Å²) in [6, 6.07) is 6.53. The highest BCUT2D eigenvalue weighted by atomic mass is 35.5. The van der Waals surface area contributed by atoms with Crippen molar-refractivity contribution in [2.45, 2.75) is 50.7 Å². The van der Waals surface area contributed by atoms with Gasteiger partial charge in [0, 0.05) is 18.1 Å². The number of benzene rings is 1. The Morgan fingerprint density at radius 1 is 1.39 bits per heavy atom. The van der Waals surface area contributed by atoms with Crippen molar-refractivity contribution in [3.8, 4) is 0 Å². The highest BCUT2D eigenvalue weighted by molar-refractivity contribution is 6.30. The maximum Gasteiger partial charge on any atom is 0.334 e. The molecule has 0 aromatic heterocycles. The minimum absolute atomic E-state index is 0.108. The minimum atomic E-state index is -1.43. The van der Waals surface area contributed by atoms with E-state index in [0.717, 1.165) is 19.4 Å². The number of hydrogen-bond acceptors (Lipinski definition) is 3. The fraction of sp³-hybridized carbons (Fsp3) is 0.529. The van der Waals surface area contributed by atoms with Crippen LogP contribution in [0, 0.1) is 0 Å². The van der Waals surface area contributed by atoms with E-state index >= 15 is 0 Å². The van der Waals surface area contributed by atoms with Gasteiger partial charge in [0.1, 0.15) is 0 Å². The van der Waals surface area contributed by atoms with Gasteiger partial charge in [0.05, 0.1) is 6.10 Å². The van der Waals surface area contributed by atoms with Crippen molar-refractivity contribution in [1.82, 2.24) is 5.32 Å². The molecular formula is C17H22ClNO4. The van der Waals surface area contributed by atoms with Crippen LogP contribution in [0.15, 0.2) is 24.3 Å². The summed E-state index contributed by atoms with van der Waals surface area (Å²) in [5.41, 5.74) is -0.916. The van der Waals surface area contributed by atoms with Crippen LogP contribution in [0.25, 0.3) is 0 Å². The van der Waals surface area contributed by atoms with Gasteiger partial charge in [0.25, 0.3) is 0 Å². The van der Waals surface area contributed by atoms with Crippen LogP contribution < -0.4 is 5.32 Å². The van der Waals surface area contributed by atoms with E-state index in [9.17, 15) is 14.7 Å². The molecule has 126 valence electrons. The molecule has 0 bridgehead atoms. The maximum atomic E-state index is 12.3. The fourth-order valence-electron chi connectivity index (χ4n) is 2.89. The van der Waals surface area contributed by atoms with E-state index in [1.807, 2.05) is 0 Å². The van der Waals surface area contributed by atoms with E-state index in [1.165, 1.54) is 0 Å². The van der Waals surface area contributed by atoms with Gasteiger partial charge >= 0.3 is 5.97 Å². The summed E-state index contributed by atoms with van der Waals surface area (Å²) in [6.45, 7) is 2.48. The number of carboxylic acid groups (broad SMARTS) is 1. The zero-order valence-corrected chi connectivity index (χ0v) is 13.9. The van der Waals surface area contributed by atoms with Crippen LogP contribution in [-0.4, -0.2) is 29.7 Å². The molecule has 1 amide bonds. The Morgan fingerprint density at radius 3 is 2.61 bits per heavy atom. The molecule has 1 aromatic rings. The maximum absolute atomic E-state index is 12.3. The van der Waals surface area contributed by atoms with Gasteiger partial charge in [0.15, 0.2) is 5.54 Å². The SMILES string of the molecule is CCC(NC(=O)CCC1CCCO1)(C(=O)O)c1ccc(Cl)cc1. The van der Waals surface area contributed by atoms with Crippen molar-refractivity contribution in [2.24, 2.45) is 0 Å². The summed E-state index contributed by atoms with van der Waals surface area (Å²) >= 11 is 5.86. The second-order valence-corrected chi connectivity index (χ2v) is 6.23. The van der Waals surface area contributed by atoms with Crippen LogP contribution in [0.5, 0.6) is 0 Å². The van der Waals surface area contributed by atoms with Crippen LogP contribution in [0.4, 0.5) is 0 Å². The van der Waals surface area contributed by atoms with Gasteiger partial charge in [-0.25, -0.2) is 4.79 Å². The molecule has 1 heterocycles. The summed E-state index contributed by atoms with van der Waals surface area (Å²) in [4.78, 5) is 24.1. The Morgan fingerprint density at radius 2 is 2.09 bits per heavy atom. The number of rotatable bonds is 7. The molecule has 1 aliphatic heterocycles. The van der Waals surface area contributed by atoms with Crippen molar-refractivity contribution in [3.63, 3.8) is 0 Å². The highest BCUT2D eigenvalue weighted by Gasteiger charge is 2.40. The normalized spacial score (nSPS) is 20.0. The molecule has 0 spiro atoms. The van der Waals surface area contributed by atoms with E-state index in [-0.39, 0.29) is 24.9 Å². The lowest BCUT2D eigenvalue weighted by atomic mass is 9.87. The summed E-state index contributed by atoms with van der Waals surface area (Å²) in [6.07, 6.45) is 3.21. The molecule has 2 unspecified atom stereocenters. The van der Waals surface area contributed by atoms with E-state index in [1.54, 1.807) is 31.2 Å². The first-order chi connectivity index (χ1) is 11.0. The average molecular weight is 340 g/mol. The topological polar surface area (TPSA) is 75.6 Å². The van der Waals surface area contributed by atoms with E-state index < -0.39 is 11.5 Å². The van der Waals surface area contributed by atoms with Gasteiger partial charge < -0.3 is 15.2 Å². The number of amides is 1. The molecule has 1 aliphatic rings. The van der Waals surface area contributed by atoms with Crippen molar-refractivity contribution in [1.29, 1.82) is 0 Å². The Labute approximate surface area is 141 Å². The molecule has 0 aliphatic carbocycles. The van der Waals surface area contributed by atoms with Crippen molar-refractivity contribution < 1.29 is 19.4 Å². The van der Waals surface area contributed by atoms with E-state index in [0.29, 0.717) is 17.0 Å². The molecule has 23 heavy (non-hydrogen) atoms. The highest BCUT2D eigenvalue weighted by Crippen LogP contribution is 2.27. The number of nitrogens with one attached hydrogen (secondary N) is 1. The van der Waals surface area contributed by atoms with Crippen LogP contribution in [0.3, 0.4) is 0 Å². The van der Waals surface area contributed by atoms with Crippen LogP contribution >= 0.6 is 11.6 Å². The number of halogens is 1. The smallest absolute Gasteiger partial charge is 0.334 e. The number of carbonyl (C=O) groups excluding carboxylic acids is 1. The lowest BCUT2D eigenvalue weighted by molar-refractivity contribution is -0.148. The summed E-state index contributed by atoms with van der Waals surface area (Å²) in [7, 11) is 0. The predicted molar refractivity (Wildman–Crippen MR) is 87.4 cm³/mol. The van der Waals surface area contributed by atoms with Gasteiger partial charge in [-0.15, -0.1) is 0 Å². The summed E-state index contributed by atoms with van der Waals surface area (Å²) in [5.74, 6) is -1.35. The molecule has 2 atom stereocenters. The molecule has 0 saturated carbocycles.